The van der Waals surface area contributed by atoms with Gasteiger partial charge in [-0.15, -0.1) is 0 Å². The molecule has 0 saturated heterocycles. The van der Waals surface area contributed by atoms with E-state index in [4.69, 9.17) is 0 Å². The third-order valence-electron chi connectivity index (χ3n) is 5.18. The van der Waals surface area contributed by atoms with Crippen LogP contribution in [0.2, 0.25) is 0 Å². The maximum absolute atomic E-state index is 12.3. The number of aryl methyl sites for hydroxylation is 2. The van der Waals surface area contributed by atoms with Gasteiger partial charge in [0.05, 0.1) is 6.16 Å². The Kier molecular flexibility index (Phi) is 6.62. The summed E-state index contributed by atoms with van der Waals surface area (Å²) in [5.74, 6) is -0.0270. The van der Waals surface area contributed by atoms with Crippen LogP contribution in [0.5, 0.6) is 5.75 Å². The van der Waals surface area contributed by atoms with Crippen LogP contribution < -0.4 is 0 Å². The zero-order valence-corrected chi connectivity index (χ0v) is 18.2. The van der Waals surface area contributed by atoms with Crippen molar-refractivity contribution < 1.29 is 19.7 Å². The molecule has 5 heteroatoms. The lowest BCUT2D eigenvalue weighted by Crippen LogP contribution is -2.08. The number of phenolic OH excluding ortho intramolecular Hbond substituents is 1. The fourth-order valence-corrected chi connectivity index (χ4v) is 4.31. The second-order valence-electron chi connectivity index (χ2n) is 7.85. The molecule has 0 bridgehead atoms. The van der Waals surface area contributed by atoms with Crippen LogP contribution in [0.3, 0.4) is 0 Å². The number of Topliss-reactive ketones (excluding diaryl/α,β-unsaturated/α-hetero) is 1. The fraction of sp³-hybridized carbons (Fsp3) is 0.200. The van der Waals surface area contributed by atoms with Gasteiger partial charge >= 0.3 is 0 Å². The van der Waals surface area contributed by atoms with E-state index in [0.29, 0.717) is 18.4 Å². The molecule has 0 aliphatic heterocycles. The van der Waals surface area contributed by atoms with Crippen molar-refractivity contribution in [2.24, 2.45) is 0 Å². The maximum atomic E-state index is 12.3. The van der Waals surface area contributed by atoms with E-state index < -0.39 is 7.34 Å². The molecule has 3 N–H and O–H groups in total. The molecule has 30 heavy (non-hydrogen) atoms. The van der Waals surface area contributed by atoms with Crippen molar-refractivity contribution in [3.63, 3.8) is 0 Å². The number of hydrogen-bond donors (Lipinski definition) is 3. The Morgan fingerprint density at radius 3 is 2.13 bits per heavy atom. The van der Waals surface area contributed by atoms with Gasteiger partial charge in [0.15, 0.2) is 5.78 Å². The average Bonchev–Trinajstić information content (AvgIpc) is 2.66. The molecule has 0 fully saturated rings. The molecule has 0 heterocycles. The van der Waals surface area contributed by atoms with E-state index in [2.05, 4.69) is 6.30 Å². The second kappa shape index (κ2) is 9.01. The first kappa shape index (κ1) is 22.0. The molecule has 0 saturated carbocycles. The van der Waals surface area contributed by atoms with Crippen molar-refractivity contribution in [2.45, 2.75) is 26.7 Å². The number of hydrogen-bond acceptors (Lipinski definition) is 4. The van der Waals surface area contributed by atoms with Crippen molar-refractivity contribution in [3.05, 3.63) is 99.6 Å². The molecular weight excluding hydrogens is 395 g/mol. The van der Waals surface area contributed by atoms with E-state index in [-0.39, 0.29) is 17.7 Å². The minimum Gasteiger partial charge on any atom is -0.508 e. The molecule has 3 rings (SSSR count). The summed E-state index contributed by atoms with van der Waals surface area (Å²) in [6.45, 7) is 3.91. The Hall–Kier alpha value is -2.65. The summed E-state index contributed by atoms with van der Waals surface area (Å²) in [7, 11) is -3.40. The Bertz CT molecular complexity index is 1090. The highest BCUT2D eigenvalue weighted by Crippen LogP contribution is 2.34. The summed E-state index contributed by atoms with van der Waals surface area (Å²) in [4.78, 5) is 31.3. The van der Waals surface area contributed by atoms with Gasteiger partial charge in [-0.05, 0) is 71.8 Å². The van der Waals surface area contributed by atoms with E-state index in [0.717, 1.165) is 33.4 Å². The lowest BCUT2D eigenvalue weighted by Gasteiger charge is -2.15. The van der Waals surface area contributed by atoms with Gasteiger partial charge in [-0.25, -0.2) is 0 Å². The molecule has 0 aliphatic carbocycles. The number of ketones is 1. The van der Waals surface area contributed by atoms with Crippen LogP contribution >= 0.6 is 7.34 Å². The first-order valence-corrected chi connectivity index (χ1v) is 11.8. The molecule has 4 nitrogen and oxygen atoms in total. The van der Waals surface area contributed by atoms with Gasteiger partial charge in [0.2, 0.25) is 0 Å². The number of benzene rings is 3. The summed E-state index contributed by atoms with van der Waals surface area (Å²) in [6.07, 6.45) is 4.28. The first-order chi connectivity index (χ1) is 14.1. The van der Waals surface area contributed by atoms with E-state index in [1.807, 2.05) is 56.3 Å². The molecular formula is C25H27O4P. The number of aromatic hydroxyl groups is 1. The van der Waals surface area contributed by atoms with Crippen molar-refractivity contribution in [1.82, 2.24) is 0 Å². The Balaban J connectivity index is 1.85. The summed E-state index contributed by atoms with van der Waals surface area (Å²) in [5.41, 5.74) is 6.63. The molecule has 0 spiro atoms. The monoisotopic (exact) mass is 422 g/mol. The van der Waals surface area contributed by atoms with Gasteiger partial charge in [-0.1, -0.05) is 48.8 Å². The largest absolute Gasteiger partial charge is 0.508 e. The zero-order valence-electron chi connectivity index (χ0n) is 17.3. The lowest BCUT2D eigenvalue weighted by molar-refractivity contribution is 0.101. The Morgan fingerprint density at radius 2 is 1.53 bits per heavy atom. The Morgan fingerprint density at radius 1 is 0.900 bits per heavy atom. The van der Waals surface area contributed by atoms with Crippen molar-refractivity contribution in [1.29, 1.82) is 0 Å². The number of phenols is 1. The van der Waals surface area contributed by atoms with E-state index in [9.17, 15) is 19.7 Å². The van der Waals surface area contributed by atoms with Gasteiger partial charge in [0.1, 0.15) is 13.1 Å². The quantitative estimate of drug-likeness (QED) is 0.383. The molecule has 0 radical (unpaired) electrons. The number of carbonyl (C=O) groups excluding carboxylic acids is 1. The average molecular weight is 422 g/mol. The van der Waals surface area contributed by atoms with Gasteiger partial charge < -0.3 is 14.9 Å². The van der Waals surface area contributed by atoms with Crippen LogP contribution in [0, 0.1) is 13.8 Å². The summed E-state index contributed by atoms with van der Waals surface area (Å²) >= 11 is 0. The highest BCUT2D eigenvalue weighted by atomic mass is 31.2. The molecule has 156 valence electrons. The smallest absolute Gasteiger partial charge is 0.171 e. The molecule has 3 aromatic rings. The fourth-order valence-electron chi connectivity index (χ4n) is 3.66. The molecule has 0 aliphatic rings. The van der Waals surface area contributed by atoms with Gasteiger partial charge in [0.25, 0.3) is 0 Å². The van der Waals surface area contributed by atoms with Gasteiger partial charge in [-0.2, -0.15) is 0 Å². The van der Waals surface area contributed by atoms with Crippen molar-refractivity contribution in [2.75, 3.05) is 6.16 Å². The molecule has 0 atom stereocenters. The van der Waals surface area contributed by atoms with Crippen LogP contribution in [0.15, 0.2) is 60.7 Å². The minimum atomic E-state index is -3.40. The predicted octanol–water partition coefficient (Wildman–Crippen LogP) is 4.64. The first-order valence-electron chi connectivity index (χ1n) is 9.78. The van der Waals surface area contributed by atoms with E-state index in [1.165, 1.54) is 0 Å². The second-order valence-corrected chi connectivity index (χ2v) is 9.92. The summed E-state index contributed by atoms with van der Waals surface area (Å²) in [5, 5.41) is 10.3. The lowest BCUT2D eigenvalue weighted by atomic mass is 9.92. The highest BCUT2D eigenvalue weighted by Gasteiger charge is 2.17. The SMILES string of the molecule is C=P(O)(O)CC(=O)c1cc(C)c(Cc2ccc(O)c(Cc3ccccc3)c2)c(C)c1. The molecule has 0 unspecified atom stereocenters. The van der Waals surface area contributed by atoms with Crippen LogP contribution in [0.4, 0.5) is 0 Å². The highest BCUT2D eigenvalue weighted by molar-refractivity contribution is 7.63. The van der Waals surface area contributed by atoms with Crippen LogP contribution in [-0.2, 0) is 12.8 Å². The molecule has 0 amide bonds. The normalized spacial score (nSPS) is 11.5. The summed E-state index contributed by atoms with van der Waals surface area (Å²) < 4.78 is 0. The van der Waals surface area contributed by atoms with Crippen molar-refractivity contribution >= 4 is 19.4 Å². The minimum absolute atomic E-state index is 0.282. The predicted molar refractivity (Wildman–Crippen MR) is 124 cm³/mol. The van der Waals surface area contributed by atoms with E-state index in [1.54, 1.807) is 18.2 Å². The van der Waals surface area contributed by atoms with Crippen molar-refractivity contribution in [3.8, 4) is 5.75 Å². The zero-order chi connectivity index (χ0) is 21.9. The van der Waals surface area contributed by atoms with Crippen LogP contribution in [-0.4, -0.2) is 33.1 Å². The van der Waals surface area contributed by atoms with Crippen LogP contribution in [0.25, 0.3) is 0 Å². The van der Waals surface area contributed by atoms with Crippen LogP contribution in [0.1, 0.15) is 43.7 Å². The summed E-state index contributed by atoms with van der Waals surface area (Å²) in [6, 6.07) is 19.3. The standard InChI is InChI=1S/C25H27O4P/c1-17-11-21(25(27)16-30(3,28)29)12-18(2)23(17)15-20-9-10-24(26)22(14-20)13-19-7-5-4-6-8-19/h4-12,14,26,28-29H,3,13,15-16H2,1-2H3. The molecule has 0 aromatic heterocycles. The number of rotatable bonds is 7. The Labute approximate surface area is 177 Å². The third kappa shape index (κ3) is 5.70. The molecule has 3 aromatic carbocycles. The topological polar surface area (TPSA) is 77.8 Å². The maximum Gasteiger partial charge on any atom is 0.171 e. The van der Waals surface area contributed by atoms with Gasteiger partial charge in [-0.3, -0.25) is 4.79 Å². The third-order valence-corrected chi connectivity index (χ3v) is 5.97. The number of carbonyl (C=O) groups is 1. The van der Waals surface area contributed by atoms with Gasteiger partial charge in [0, 0.05) is 12.0 Å². The van der Waals surface area contributed by atoms with E-state index >= 15 is 0 Å².